The fraction of sp³-hybridized carbons (Fsp3) is 0.417. The first-order valence-corrected chi connectivity index (χ1v) is 10.7. The summed E-state index contributed by atoms with van der Waals surface area (Å²) in [6.45, 7) is 7.44. The SMILES string of the molecule is COc1ccc2oc(C)c(C(=O)N(CCCN3CCOCC3)Cc3ccncc3)c2c1. The predicted octanol–water partition coefficient (Wildman–Crippen LogP) is 3.51. The van der Waals surface area contributed by atoms with E-state index in [1.165, 1.54) is 0 Å². The molecule has 31 heavy (non-hydrogen) atoms. The van der Waals surface area contributed by atoms with Crippen LogP contribution in [-0.4, -0.2) is 67.2 Å². The molecular weight excluding hydrogens is 394 g/mol. The molecule has 3 aromatic rings. The Hall–Kier alpha value is -2.90. The van der Waals surface area contributed by atoms with Gasteiger partial charge in [0, 0.05) is 50.5 Å². The van der Waals surface area contributed by atoms with Gasteiger partial charge in [0.2, 0.25) is 0 Å². The molecule has 7 heteroatoms. The van der Waals surface area contributed by atoms with Gasteiger partial charge in [-0.1, -0.05) is 0 Å². The summed E-state index contributed by atoms with van der Waals surface area (Å²) in [7, 11) is 1.62. The Morgan fingerprint density at radius 1 is 1.19 bits per heavy atom. The van der Waals surface area contributed by atoms with Gasteiger partial charge in [-0.15, -0.1) is 0 Å². The van der Waals surface area contributed by atoms with Crippen LogP contribution < -0.4 is 4.74 Å². The highest BCUT2D eigenvalue weighted by Crippen LogP contribution is 2.30. The second kappa shape index (κ2) is 9.94. The molecular formula is C24H29N3O4. The maximum absolute atomic E-state index is 13.7. The van der Waals surface area contributed by atoms with Gasteiger partial charge in [-0.05, 0) is 49.2 Å². The summed E-state index contributed by atoms with van der Waals surface area (Å²) in [6.07, 6.45) is 4.42. The van der Waals surface area contributed by atoms with Crippen LogP contribution in [0.3, 0.4) is 0 Å². The molecule has 0 bridgehead atoms. The highest BCUT2D eigenvalue weighted by Gasteiger charge is 2.24. The van der Waals surface area contributed by atoms with Crippen molar-refractivity contribution in [2.24, 2.45) is 0 Å². The molecule has 1 saturated heterocycles. The Kier molecular flexibility index (Phi) is 6.84. The number of aryl methyl sites for hydroxylation is 1. The minimum atomic E-state index is -0.0247. The van der Waals surface area contributed by atoms with E-state index in [9.17, 15) is 4.79 Å². The second-order valence-corrected chi connectivity index (χ2v) is 7.79. The zero-order valence-electron chi connectivity index (χ0n) is 18.2. The van der Waals surface area contributed by atoms with Crippen molar-refractivity contribution in [3.05, 3.63) is 59.6 Å². The number of methoxy groups -OCH3 is 1. The molecule has 1 aliphatic rings. The number of rotatable bonds is 8. The Balaban J connectivity index is 1.57. The van der Waals surface area contributed by atoms with Crippen molar-refractivity contribution in [2.45, 2.75) is 19.9 Å². The minimum Gasteiger partial charge on any atom is -0.497 e. The Bertz CT molecular complexity index is 1010. The van der Waals surface area contributed by atoms with Gasteiger partial charge in [-0.2, -0.15) is 0 Å². The van der Waals surface area contributed by atoms with E-state index in [2.05, 4.69) is 9.88 Å². The normalized spacial score (nSPS) is 14.6. The zero-order chi connectivity index (χ0) is 21.6. The minimum absolute atomic E-state index is 0.0247. The van der Waals surface area contributed by atoms with E-state index in [1.54, 1.807) is 19.5 Å². The number of amides is 1. The molecule has 0 N–H and O–H groups in total. The van der Waals surface area contributed by atoms with Gasteiger partial charge in [0.1, 0.15) is 17.1 Å². The lowest BCUT2D eigenvalue weighted by molar-refractivity contribution is 0.0355. The summed E-state index contributed by atoms with van der Waals surface area (Å²) >= 11 is 0. The van der Waals surface area contributed by atoms with Gasteiger partial charge in [0.15, 0.2) is 0 Å². The third kappa shape index (κ3) is 5.06. The van der Waals surface area contributed by atoms with Crippen molar-refractivity contribution in [3.8, 4) is 5.75 Å². The lowest BCUT2D eigenvalue weighted by Gasteiger charge is -2.28. The summed E-state index contributed by atoms with van der Waals surface area (Å²) in [5.41, 5.74) is 2.35. The van der Waals surface area contributed by atoms with Crippen LogP contribution in [-0.2, 0) is 11.3 Å². The summed E-state index contributed by atoms with van der Waals surface area (Å²) in [5.74, 6) is 1.31. The van der Waals surface area contributed by atoms with E-state index in [0.717, 1.165) is 50.2 Å². The van der Waals surface area contributed by atoms with E-state index < -0.39 is 0 Å². The number of aromatic nitrogens is 1. The number of furan rings is 1. The average Bonchev–Trinajstić information content (AvgIpc) is 3.14. The van der Waals surface area contributed by atoms with Crippen molar-refractivity contribution in [3.63, 3.8) is 0 Å². The van der Waals surface area contributed by atoms with Gasteiger partial charge in [-0.3, -0.25) is 14.7 Å². The maximum atomic E-state index is 13.7. The summed E-state index contributed by atoms with van der Waals surface area (Å²) < 4.78 is 16.7. The average molecular weight is 424 g/mol. The van der Waals surface area contributed by atoms with Crippen molar-refractivity contribution in [2.75, 3.05) is 46.5 Å². The smallest absolute Gasteiger partial charge is 0.258 e. The van der Waals surface area contributed by atoms with Crippen LogP contribution in [0.4, 0.5) is 0 Å². The van der Waals surface area contributed by atoms with Crippen molar-refractivity contribution in [1.82, 2.24) is 14.8 Å². The fourth-order valence-electron chi connectivity index (χ4n) is 4.02. The number of pyridine rings is 1. The molecule has 2 aromatic heterocycles. The number of carbonyl (C=O) groups excluding carboxylic acids is 1. The standard InChI is InChI=1S/C24H29N3O4/c1-18-23(21-16-20(29-2)4-5-22(21)31-18)24(28)27(17-19-6-8-25-9-7-19)11-3-10-26-12-14-30-15-13-26/h4-9,16H,3,10-15,17H2,1-2H3. The van der Waals surface area contributed by atoms with E-state index in [-0.39, 0.29) is 5.91 Å². The Morgan fingerprint density at radius 2 is 1.97 bits per heavy atom. The van der Waals surface area contributed by atoms with Crippen LogP contribution in [0.25, 0.3) is 11.0 Å². The third-order valence-corrected chi connectivity index (χ3v) is 5.70. The van der Waals surface area contributed by atoms with E-state index >= 15 is 0 Å². The summed E-state index contributed by atoms with van der Waals surface area (Å²) in [5, 5.41) is 0.787. The van der Waals surface area contributed by atoms with Crippen LogP contribution in [0.5, 0.6) is 5.75 Å². The van der Waals surface area contributed by atoms with Crippen molar-refractivity contribution >= 4 is 16.9 Å². The summed E-state index contributed by atoms with van der Waals surface area (Å²) in [6, 6.07) is 9.47. The lowest BCUT2D eigenvalue weighted by Crippen LogP contribution is -2.39. The first kappa shape index (κ1) is 21.3. The first-order valence-electron chi connectivity index (χ1n) is 10.7. The molecule has 0 saturated carbocycles. The zero-order valence-corrected chi connectivity index (χ0v) is 18.2. The molecule has 0 spiro atoms. The number of fused-ring (bicyclic) bond motifs is 1. The first-order chi connectivity index (χ1) is 15.2. The Morgan fingerprint density at radius 3 is 2.71 bits per heavy atom. The summed E-state index contributed by atoms with van der Waals surface area (Å²) in [4.78, 5) is 22.1. The topological polar surface area (TPSA) is 68.0 Å². The van der Waals surface area contributed by atoms with Crippen LogP contribution in [0.1, 0.15) is 28.1 Å². The number of hydrogen-bond donors (Lipinski definition) is 0. The predicted molar refractivity (Wildman–Crippen MR) is 118 cm³/mol. The number of ether oxygens (including phenoxy) is 2. The quantitative estimate of drug-likeness (QED) is 0.552. The molecule has 4 rings (SSSR count). The molecule has 0 atom stereocenters. The molecule has 7 nitrogen and oxygen atoms in total. The highest BCUT2D eigenvalue weighted by atomic mass is 16.5. The number of hydrogen-bond acceptors (Lipinski definition) is 6. The van der Waals surface area contributed by atoms with E-state index in [0.29, 0.717) is 35.7 Å². The number of nitrogens with zero attached hydrogens (tertiary/aromatic N) is 3. The number of benzene rings is 1. The molecule has 1 fully saturated rings. The number of carbonyl (C=O) groups is 1. The number of morpholine rings is 1. The van der Waals surface area contributed by atoms with Crippen LogP contribution in [0.2, 0.25) is 0 Å². The van der Waals surface area contributed by atoms with Crippen LogP contribution >= 0.6 is 0 Å². The molecule has 0 unspecified atom stereocenters. The molecule has 3 heterocycles. The maximum Gasteiger partial charge on any atom is 0.258 e. The van der Waals surface area contributed by atoms with Crippen molar-refractivity contribution in [1.29, 1.82) is 0 Å². The molecule has 1 amide bonds. The molecule has 1 aromatic carbocycles. The van der Waals surface area contributed by atoms with Gasteiger partial charge >= 0.3 is 0 Å². The monoisotopic (exact) mass is 423 g/mol. The molecule has 164 valence electrons. The van der Waals surface area contributed by atoms with E-state index in [1.807, 2.05) is 42.2 Å². The highest BCUT2D eigenvalue weighted by molar-refractivity contribution is 6.07. The van der Waals surface area contributed by atoms with Gasteiger partial charge in [-0.25, -0.2) is 0 Å². The largest absolute Gasteiger partial charge is 0.497 e. The van der Waals surface area contributed by atoms with Gasteiger partial charge in [0.25, 0.3) is 5.91 Å². The van der Waals surface area contributed by atoms with Crippen molar-refractivity contribution < 1.29 is 18.7 Å². The van der Waals surface area contributed by atoms with E-state index in [4.69, 9.17) is 13.9 Å². The third-order valence-electron chi connectivity index (χ3n) is 5.70. The fourth-order valence-corrected chi connectivity index (χ4v) is 4.02. The Labute approximate surface area is 182 Å². The lowest BCUT2D eigenvalue weighted by atomic mass is 10.1. The van der Waals surface area contributed by atoms with Crippen LogP contribution in [0, 0.1) is 6.92 Å². The second-order valence-electron chi connectivity index (χ2n) is 7.79. The molecule has 0 radical (unpaired) electrons. The van der Waals surface area contributed by atoms with Gasteiger partial charge in [0.05, 0.1) is 25.9 Å². The van der Waals surface area contributed by atoms with Crippen LogP contribution in [0.15, 0.2) is 47.1 Å². The molecule has 1 aliphatic heterocycles. The van der Waals surface area contributed by atoms with Gasteiger partial charge < -0.3 is 18.8 Å². The molecule has 0 aliphatic carbocycles.